The van der Waals surface area contributed by atoms with Gasteiger partial charge < -0.3 is 10.3 Å². The molecular weight excluding hydrogens is 200 g/mol. The number of nitrogens with one attached hydrogen (secondary N) is 2. The monoisotopic (exact) mass is 212 g/mol. The van der Waals surface area contributed by atoms with Crippen LogP contribution in [-0.4, -0.2) is 9.97 Å². The molecule has 0 spiro atoms. The average molecular weight is 212 g/mol. The van der Waals surface area contributed by atoms with Crippen molar-refractivity contribution < 1.29 is 0 Å². The molecule has 4 nitrogen and oxygen atoms in total. The van der Waals surface area contributed by atoms with Crippen LogP contribution in [0.15, 0.2) is 36.7 Å². The number of aromatic nitrogens is 2. The van der Waals surface area contributed by atoms with Gasteiger partial charge in [0.25, 0.3) is 0 Å². The molecule has 0 amide bonds. The smallest absolute Gasteiger partial charge is 0.120 e. The molecule has 0 fully saturated rings. The maximum atomic E-state index is 8.75. The molecule has 0 atom stereocenters. The third-order valence-corrected chi connectivity index (χ3v) is 2.23. The Labute approximate surface area is 94.0 Å². The van der Waals surface area contributed by atoms with Crippen molar-refractivity contribution in [3.05, 3.63) is 53.6 Å². The highest BCUT2D eigenvalue weighted by Gasteiger charge is 1.96. The number of imidazole rings is 1. The summed E-state index contributed by atoms with van der Waals surface area (Å²) in [6.45, 7) is 1.43. The van der Waals surface area contributed by atoms with Crippen LogP contribution in [0.4, 0.5) is 0 Å². The maximum Gasteiger partial charge on any atom is 0.120 e. The number of benzene rings is 1. The van der Waals surface area contributed by atoms with Crippen LogP contribution in [0.1, 0.15) is 17.0 Å². The lowest BCUT2D eigenvalue weighted by atomic mass is 10.1. The van der Waals surface area contributed by atoms with Crippen LogP contribution < -0.4 is 5.32 Å². The highest BCUT2D eigenvalue weighted by atomic mass is 15.0. The predicted octanol–water partition coefficient (Wildman–Crippen LogP) is 1.57. The van der Waals surface area contributed by atoms with Crippen molar-refractivity contribution in [2.24, 2.45) is 0 Å². The van der Waals surface area contributed by atoms with E-state index in [1.54, 1.807) is 18.5 Å². The fourth-order valence-corrected chi connectivity index (χ4v) is 1.47. The van der Waals surface area contributed by atoms with Gasteiger partial charge in [0, 0.05) is 18.9 Å². The number of hydrogen-bond donors (Lipinski definition) is 2. The SMILES string of the molecule is N#Cc1cccc(CNCc2ncc[nH]2)c1. The van der Waals surface area contributed by atoms with E-state index in [9.17, 15) is 0 Å². The molecule has 0 aliphatic rings. The molecule has 0 bridgehead atoms. The van der Waals surface area contributed by atoms with Crippen molar-refractivity contribution in [3.63, 3.8) is 0 Å². The fourth-order valence-electron chi connectivity index (χ4n) is 1.47. The Hall–Kier alpha value is -2.12. The molecule has 80 valence electrons. The molecule has 0 saturated carbocycles. The van der Waals surface area contributed by atoms with Gasteiger partial charge >= 0.3 is 0 Å². The van der Waals surface area contributed by atoms with Gasteiger partial charge in [0.2, 0.25) is 0 Å². The summed E-state index contributed by atoms with van der Waals surface area (Å²) in [4.78, 5) is 7.13. The molecular formula is C12H12N4. The topological polar surface area (TPSA) is 64.5 Å². The van der Waals surface area contributed by atoms with Crippen molar-refractivity contribution in [2.75, 3.05) is 0 Å². The summed E-state index contributed by atoms with van der Waals surface area (Å²) < 4.78 is 0. The molecule has 0 saturated heterocycles. The molecule has 2 N–H and O–H groups in total. The minimum Gasteiger partial charge on any atom is -0.348 e. The van der Waals surface area contributed by atoms with Gasteiger partial charge in [-0.15, -0.1) is 0 Å². The summed E-state index contributed by atoms with van der Waals surface area (Å²) in [7, 11) is 0. The van der Waals surface area contributed by atoms with Crippen LogP contribution in [0.5, 0.6) is 0 Å². The van der Waals surface area contributed by atoms with E-state index in [2.05, 4.69) is 21.4 Å². The summed E-state index contributed by atoms with van der Waals surface area (Å²) in [5, 5.41) is 12.0. The molecule has 16 heavy (non-hydrogen) atoms. The van der Waals surface area contributed by atoms with E-state index in [1.165, 1.54) is 0 Å². The molecule has 2 aromatic rings. The first-order valence-electron chi connectivity index (χ1n) is 5.06. The Balaban J connectivity index is 1.88. The van der Waals surface area contributed by atoms with Crippen LogP contribution in [-0.2, 0) is 13.1 Å². The van der Waals surface area contributed by atoms with E-state index < -0.39 is 0 Å². The molecule has 4 heteroatoms. The summed E-state index contributed by atoms with van der Waals surface area (Å²) in [6, 6.07) is 9.70. The first kappa shape index (κ1) is 10.4. The van der Waals surface area contributed by atoms with E-state index in [1.807, 2.05) is 18.2 Å². The number of hydrogen-bond acceptors (Lipinski definition) is 3. The van der Waals surface area contributed by atoms with Crippen LogP contribution in [0.3, 0.4) is 0 Å². The van der Waals surface area contributed by atoms with Gasteiger partial charge in [-0.1, -0.05) is 12.1 Å². The van der Waals surface area contributed by atoms with E-state index in [4.69, 9.17) is 5.26 Å². The molecule has 1 aromatic heterocycles. The van der Waals surface area contributed by atoms with E-state index in [-0.39, 0.29) is 0 Å². The summed E-state index contributed by atoms with van der Waals surface area (Å²) in [5.41, 5.74) is 1.79. The zero-order chi connectivity index (χ0) is 11.2. The highest BCUT2D eigenvalue weighted by molar-refractivity contribution is 5.32. The minimum atomic E-state index is 0.692. The summed E-state index contributed by atoms with van der Waals surface area (Å²) in [6.07, 6.45) is 3.53. The van der Waals surface area contributed by atoms with Crippen molar-refractivity contribution in [2.45, 2.75) is 13.1 Å². The Morgan fingerprint density at radius 1 is 1.38 bits per heavy atom. The molecule has 0 aliphatic heterocycles. The maximum absolute atomic E-state index is 8.75. The Morgan fingerprint density at radius 2 is 2.31 bits per heavy atom. The van der Waals surface area contributed by atoms with Crippen molar-refractivity contribution in [1.29, 1.82) is 5.26 Å². The summed E-state index contributed by atoms with van der Waals surface area (Å²) in [5.74, 6) is 0.913. The second-order valence-corrected chi connectivity index (χ2v) is 3.45. The second-order valence-electron chi connectivity index (χ2n) is 3.45. The molecule has 0 aliphatic carbocycles. The normalized spacial score (nSPS) is 9.94. The molecule has 0 radical (unpaired) electrons. The first-order valence-corrected chi connectivity index (χ1v) is 5.06. The second kappa shape index (κ2) is 5.10. The third-order valence-electron chi connectivity index (χ3n) is 2.23. The van der Waals surface area contributed by atoms with Crippen molar-refractivity contribution >= 4 is 0 Å². The number of nitrogens with zero attached hydrogens (tertiary/aromatic N) is 2. The zero-order valence-electron chi connectivity index (χ0n) is 8.77. The Bertz CT molecular complexity index is 482. The third kappa shape index (κ3) is 2.69. The van der Waals surface area contributed by atoms with Gasteiger partial charge in [0.1, 0.15) is 5.82 Å². The Kier molecular flexibility index (Phi) is 3.31. The lowest BCUT2D eigenvalue weighted by Gasteiger charge is -2.03. The van der Waals surface area contributed by atoms with Gasteiger partial charge in [-0.05, 0) is 17.7 Å². The minimum absolute atomic E-state index is 0.692. The summed E-state index contributed by atoms with van der Waals surface area (Å²) >= 11 is 0. The quantitative estimate of drug-likeness (QED) is 0.808. The van der Waals surface area contributed by atoms with Crippen molar-refractivity contribution in [1.82, 2.24) is 15.3 Å². The van der Waals surface area contributed by atoms with Crippen molar-refractivity contribution in [3.8, 4) is 6.07 Å². The van der Waals surface area contributed by atoms with Gasteiger partial charge in [0.05, 0.1) is 18.2 Å². The van der Waals surface area contributed by atoms with Crippen LogP contribution in [0.2, 0.25) is 0 Å². The predicted molar refractivity (Wildman–Crippen MR) is 60.3 cm³/mol. The number of aromatic amines is 1. The molecule has 0 unspecified atom stereocenters. The fraction of sp³-hybridized carbons (Fsp3) is 0.167. The van der Waals surface area contributed by atoms with Gasteiger partial charge in [-0.2, -0.15) is 5.26 Å². The average Bonchev–Trinajstić information content (AvgIpc) is 2.82. The van der Waals surface area contributed by atoms with Gasteiger partial charge in [-0.25, -0.2) is 4.98 Å². The Morgan fingerprint density at radius 3 is 3.06 bits per heavy atom. The van der Waals surface area contributed by atoms with E-state index in [0.717, 1.165) is 17.9 Å². The number of H-pyrrole nitrogens is 1. The van der Waals surface area contributed by atoms with Gasteiger partial charge in [-0.3, -0.25) is 0 Å². The lowest BCUT2D eigenvalue weighted by molar-refractivity contribution is 0.668. The highest BCUT2D eigenvalue weighted by Crippen LogP contribution is 2.03. The zero-order valence-corrected chi connectivity index (χ0v) is 8.77. The molecule has 1 aromatic carbocycles. The van der Waals surface area contributed by atoms with Crippen LogP contribution >= 0.6 is 0 Å². The number of nitriles is 1. The van der Waals surface area contributed by atoms with Crippen LogP contribution in [0.25, 0.3) is 0 Å². The first-order chi connectivity index (χ1) is 7.88. The molecule has 2 rings (SSSR count). The lowest BCUT2D eigenvalue weighted by Crippen LogP contribution is -2.13. The van der Waals surface area contributed by atoms with E-state index >= 15 is 0 Å². The largest absolute Gasteiger partial charge is 0.348 e. The number of rotatable bonds is 4. The van der Waals surface area contributed by atoms with Crippen LogP contribution in [0, 0.1) is 11.3 Å². The standard InChI is InChI=1S/C12H12N4/c13-7-10-2-1-3-11(6-10)8-14-9-12-15-4-5-16-12/h1-6,14H,8-9H2,(H,15,16). The van der Waals surface area contributed by atoms with E-state index in [0.29, 0.717) is 12.1 Å². The van der Waals surface area contributed by atoms with Gasteiger partial charge in [0.15, 0.2) is 0 Å². The molecule has 1 heterocycles.